The summed E-state index contributed by atoms with van der Waals surface area (Å²) in [7, 11) is 0. The molecule has 0 saturated carbocycles. The van der Waals surface area contributed by atoms with Crippen molar-refractivity contribution in [2.24, 2.45) is 0 Å². The Morgan fingerprint density at radius 1 is 1.33 bits per heavy atom. The largest absolute Gasteiger partial charge is 0.489 e. The van der Waals surface area contributed by atoms with Crippen LogP contribution in [0.3, 0.4) is 0 Å². The molecule has 0 bridgehead atoms. The molecule has 5 heteroatoms. The Morgan fingerprint density at radius 2 is 2.06 bits per heavy atom. The van der Waals surface area contributed by atoms with Crippen LogP contribution in [0.5, 0.6) is 5.75 Å². The number of nitrogen functional groups attached to an aromatic ring is 2. The molecule has 1 rings (SSSR count). The maximum atomic E-state index is 9.69. The molecule has 1 aromatic carbocycles. The van der Waals surface area contributed by atoms with Crippen LogP contribution in [0.15, 0.2) is 12.1 Å². The van der Waals surface area contributed by atoms with Gasteiger partial charge in [0.2, 0.25) is 0 Å². The fourth-order valence-corrected chi connectivity index (χ4v) is 1.54. The monoisotopic (exact) mass is 253 g/mol. The molecule has 18 heavy (non-hydrogen) atoms. The first-order chi connectivity index (χ1) is 8.56. The molecule has 6 N–H and O–H groups in total. The maximum absolute atomic E-state index is 9.69. The molecule has 1 aromatic rings. The van der Waals surface area contributed by atoms with Crippen LogP contribution in [0.25, 0.3) is 0 Å². The van der Waals surface area contributed by atoms with Gasteiger partial charge in [-0.3, -0.25) is 0 Å². The molecule has 1 unspecified atom stereocenters. The van der Waals surface area contributed by atoms with Crippen LogP contribution in [-0.2, 0) is 0 Å². The predicted molar refractivity (Wildman–Crippen MR) is 74.7 cm³/mol. The number of benzene rings is 1. The van der Waals surface area contributed by atoms with E-state index in [-0.39, 0.29) is 6.61 Å². The van der Waals surface area contributed by atoms with Crippen LogP contribution in [-0.4, -0.2) is 30.9 Å². The first kappa shape index (κ1) is 14.6. The Morgan fingerprint density at radius 3 is 2.72 bits per heavy atom. The highest BCUT2D eigenvalue weighted by molar-refractivity contribution is 5.73. The molecule has 0 aliphatic carbocycles. The summed E-state index contributed by atoms with van der Waals surface area (Å²) < 4.78 is 5.47. The van der Waals surface area contributed by atoms with E-state index in [9.17, 15) is 5.11 Å². The number of anilines is 2. The molecule has 102 valence electrons. The fraction of sp³-hybridized carbons (Fsp3) is 0.538. The van der Waals surface area contributed by atoms with Gasteiger partial charge in [-0.1, -0.05) is 13.0 Å². The molecule has 0 aliphatic rings. The third-order valence-corrected chi connectivity index (χ3v) is 2.70. The van der Waals surface area contributed by atoms with Crippen LogP contribution < -0.4 is 21.5 Å². The highest BCUT2D eigenvalue weighted by Crippen LogP contribution is 2.30. The number of nitrogens with two attached hydrogens (primary N) is 2. The molecular formula is C13H23N3O2. The quantitative estimate of drug-likeness (QED) is 0.428. The Bertz CT molecular complexity index is 383. The van der Waals surface area contributed by atoms with E-state index < -0.39 is 6.10 Å². The van der Waals surface area contributed by atoms with E-state index in [0.717, 1.165) is 18.5 Å². The van der Waals surface area contributed by atoms with Crippen molar-refractivity contribution in [1.82, 2.24) is 5.32 Å². The molecular weight excluding hydrogens is 230 g/mol. The van der Waals surface area contributed by atoms with Gasteiger partial charge in [0.15, 0.2) is 0 Å². The van der Waals surface area contributed by atoms with Gasteiger partial charge >= 0.3 is 0 Å². The predicted octanol–water partition coefficient (Wildman–Crippen LogP) is 0.899. The van der Waals surface area contributed by atoms with Crippen LogP contribution >= 0.6 is 0 Å². The minimum Gasteiger partial charge on any atom is -0.489 e. The van der Waals surface area contributed by atoms with Gasteiger partial charge in [-0.25, -0.2) is 0 Å². The van der Waals surface area contributed by atoms with Crippen molar-refractivity contribution in [1.29, 1.82) is 0 Å². The van der Waals surface area contributed by atoms with Crippen molar-refractivity contribution >= 4 is 11.4 Å². The molecule has 1 atom stereocenters. The molecule has 0 radical (unpaired) electrons. The lowest BCUT2D eigenvalue weighted by Crippen LogP contribution is -2.31. The van der Waals surface area contributed by atoms with Crippen molar-refractivity contribution in [3.8, 4) is 5.75 Å². The smallest absolute Gasteiger partial charge is 0.144 e. The van der Waals surface area contributed by atoms with Gasteiger partial charge in [0.25, 0.3) is 0 Å². The van der Waals surface area contributed by atoms with Crippen LogP contribution in [0.1, 0.15) is 18.9 Å². The van der Waals surface area contributed by atoms with Crippen molar-refractivity contribution < 1.29 is 9.84 Å². The zero-order chi connectivity index (χ0) is 13.5. The Labute approximate surface area is 108 Å². The normalized spacial score (nSPS) is 12.4. The minimum absolute atomic E-state index is 0.198. The van der Waals surface area contributed by atoms with Crippen molar-refractivity contribution in [2.45, 2.75) is 26.4 Å². The molecule has 0 amide bonds. The van der Waals surface area contributed by atoms with E-state index in [2.05, 4.69) is 12.2 Å². The minimum atomic E-state index is -0.557. The van der Waals surface area contributed by atoms with Gasteiger partial charge < -0.3 is 26.6 Å². The maximum Gasteiger partial charge on any atom is 0.144 e. The van der Waals surface area contributed by atoms with Crippen molar-refractivity contribution in [3.63, 3.8) is 0 Å². The van der Waals surface area contributed by atoms with E-state index in [4.69, 9.17) is 16.2 Å². The number of nitrogens with one attached hydrogen (secondary N) is 1. The summed E-state index contributed by atoms with van der Waals surface area (Å²) in [5.74, 6) is 0.521. The highest BCUT2D eigenvalue weighted by Gasteiger charge is 2.09. The zero-order valence-corrected chi connectivity index (χ0v) is 11.1. The summed E-state index contributed by atoms with van der Waals surface area (Å²) in [6.45, 7) is 5.56. The third kappa shape index (κ3) is 4.09. The number of aryl methyl sites for hydroxylation is 1. The number of rotatable bonds is 7. The van der Waals surface area contributed by atoms with Crippen molar-refractivity contribution in [2.75, 3.05) is 31.2 Å². The fourth-order valence-electron chi connectivity index (χ4n) is 1.54. The Balaban J connectivity index is 2.46. The summed E-state index contributed by atoms with van der Waals surface area (Å²) in [6, 6.07) is 3.62. The van der Waals surface area contributed by atoms with Gasteiger partial charge in [0.05, 0.1) is 11.4 Å². The lowest BCUT2D eigenvalue weighted by molar-refractivity contribution is 0.107. The van der Waals surface area contributed by atoms with E-state index in [1.54, 1.807) is 6.07 Å². The van der Waals surface area contributed by atoms with E-state index in [1.165, 1.54) is 0 Å². The van der Waals surface area contributed by atoms with Crippen LogP contribution in [0, 0.1) is 6.92 Å². The molecule has 0 aromatic heterocycles. The third-order valence-electron chi connectivity index (χ3n) is 2.70. The number of ether oxygens (including phenoxy) is 1. The highest BCUT2D eigenvalue weighted by atomic mass is 16.5. The lowest BCUT2D eigenvalue weighted by Gasteiger charge is -2.15. The second kappa shape index (κ2) is 7.08. The van der Waals surface area contributed by atoms with Crippen molar-refractivity contribution in [3.05, 3.63) is 17.7 Å². The molecule has 0 aliphatic heterocycles. The Kier molecular flexibility index (Phi) is 5.74. The van der Waals surface area contributed by atoms with Crippen LogP contribution in [0.4, 0.5) is 11.4 Å². The summed E-state index contributed by atoms with van der Waals surface area (Å²) in [6.07, 6.45) is 0.480. The first-order valence-corrected chi connectivity index (χ1v) is 6.22. The van der Waals surface area contributed by atoms with E-state index >= 15 is 0 Å². The second-order valence-electron chi connectivity index (χ2n) is 4.38. The van der Waals surface area contributed by atoms with Crippen LogP contribution in [0.2, 0.25) is 0 Å². The summed E-state index contributed by atoms with van der Waals surface area (Å²) >= 11 is 0. The Hall–Kier alpha value is -1.46. The zero-order valence-electron chi connectivity index (χ0n) is 11.1. The number of hydrogen-bond donors (Lipinski definition) is 4. The molecule has 5 nitrogen and oxygen atoms in total. The molecule has 0 saturated heterocycles. The average Bonchev–Trinajstić information content (AvgIpc) is 2.35. The van der Waals surface area contributed by atoms with Gasteiger partial charge in [-0.2, -0.15) is 0 Å². The van der Waals surface area contributed by atoms with E-state index in [1.807, 2.05) is 13.0 Å². The summed E-state index contributed by atoms with van der Waals surface area (Å²) in [5, 5.41) is 12.8. The topological polar surface area (TPSA) is 93.5 Å². The average molecular weight is 253 g/mol. The molecule has 0 heterocycles. The SMILES string of the molecule is CCCNCC(O)COc1ccc(C)c(N)c1N. The van der Waals surface area contributed by atoms with Gasteiger partial charge in [-0.05, 0) is 31.5 Å². The molecule has 0 spiro atoms. The lowest BCUT2D eigenvalue weighted by atomic mass is 10.1. The summed E-state index contributed by atoms with van der Waals surface area (Å²) in [5.41, 5.74) is 13.5. The summed E-state index contributed by atoms with van der Waals surface area (Å²) in [4.78, 5) is 0. The first-order valence-electron chi connectivity index (χ1n) is 6.22. The van der Waals surface area contributed by atoms with Gasteiger partial charge in [0.1, 0.15) is 18.5 Å². The number of hydrogen-bond acceptors (Lipinski definition) is 5. The second-order valence-corrected chi connectivity index (χ2v) is 4.38. The van der Waals surface area contributed by atoms with Gasteiger partial charge in [-0.15, -0.1) is 0 Å². The number of aliphatic hydroxyl groups is 1. The number of aliphatic hydroxyl groups excluding tert-OH is 1. The van der Waals surface area contributed by atoms with E-state index in [0.29, 0.717) is 23.7 Å². The standard InChI is InChI=1S/C13H23N3O2/c1-3-6-16-7-10(17)8-18-11-5-4-9(2)12(14)13(11)15/h4-5,10,16-17H,3,6-8,14-15H2,1-2H3. The molecule has 0 fully saturated rings. The van der Waals surface area contributed by atoms with Gasteiger partial charge in [0, 0.05) is 6.54 Å².